The van der Waals surface area contributed by atoms with Crippen LogP contribution in [-0.2, 0) is 14.3 Å². The van der Waals surface area contributed by atoms with Crippen molar-refractivity contribution in [2.45, 2.75) is 18.9 Å². The van der Waals surface area contributed by atoms with E-state index in [1.165, 1.54) is 7.11 Å². The zero-order chi connectivity index (χ0) is 14.5. The largest absolute Gasteiger partial charge is 0.469 e. The van der Waals surface area contributed by atoms with Crippen LogP contribution in [0.3, 0.4) is 0 Å². The summed E-state index contributed by atoms with van der Waals surface area (Å²) in [5.74, 6) is -0.624. The zero-order valence-corrected chi connectivity index (χ0v) is 11.6. The predicted molar refractivity (Wildman–Crippen MR) is 74.7 cm³/mol. The lowest BCUT2D eigenvalue weighted by molar-refractivity contribution is -0.149. The maximum Gasteiger partial charge on any atom is 0.310 e. The molecule has 5 heteroatoms. The molecule has 1 aromatic carbocycles. The van der Waals surface area contributed by atoms with Crippen molar-refractivity contribution >= 4 is 11.9 Å². The minimum absolute atomic E-state index is 0.134. The van der Waals surface area contributed by atoms with E-state index < -0.39 is 6.04 Å². The Morgan fingerprint density at radius 3 is 2.70 bits per heavy atom. The van der Waals surface area contributed by atoms with Crippen LogP contribution >= 0.6 is 0 Å². The van der Waals surface area contributed by atoms with Crippen LogP contribution in [0.5, 0.6) is 0 Å². The summed E-state index contributed by atoms with van der Waals surface area (Å²) < 4.78 is 4.75. The molecule has 0 saturated carbocycles. The highest BCUT2D eigenvalue weighted by molar-refractivity contribution is 5.84. The normalized spacial score (nSPS) is 20.3. The maximum absolute atomic E-state index is 12.4. The minimum atomic E-state index is -0.674. The van der Waals surface area contributed by atoms with Crippen molar-refractivity contribution in [1.82, 2.24) is 4.90 Å². The molecule has 0 aliphatic carbocycles. The average Bonchev–Trinajstić information content (AvgIpc) is 2.53. The Hall–Kier alpha value is -1.88. The Labute approximate surface area is 118 Å². The molecule has 0 bridgehead atoms. The van der Waals surface area contributed by atoms with Gasteiger partial charge in [-0.25, -0.2) is 0 Å². The molecule has 108 valence electrons. The number of ether oxygens (including phenoxy) is 1. The van der Waals surface area contributed by atoms with Gasteiger partial charge in [0.15, 0.2) is 0 Å². The molecule has 5 nitrogen and oxygen atoms in total. The Morgan fingerprint density at radius 2 is 2.05 bits per heavy atom. The number of rotatable bonds is 3. The van der Waals surface area contributed by atoms with Crippen LogP contribution in [0.1, 0.15) is 24.4 Å². The number of carbonyl (C=O) groups excluding carboxylic acids is 2. The number of piperidine rings is 1. The van der Waals surface area contributed by atoms with Gasteiger partial charge in [0.1, 0.15) is 6.04 Å². The third-order valence-corrected chi connectivity index (χ3v) is 3.69. The van der Waals surface area contributed by atoms with E-state index in [1.54, 1.807) is 4.90 Å². The SMILES string of the molecule is COC(=O)C1CCCN(C(=O)C(N)c2ccccc2)C1. The van der Waals surface area contributed by atoms with Crippen LogP contribution in [0.2, 0.25) is 0 Å². The molecule has 2 atom stereocenters. The van der Waals surface area contributed by atoms with E-state index >= 15 is 0 Å². The van der Waals surface area contributed by atoms with Gasteiger partial charge in [-0.15, -0.1) is 0 Å². The van der Waals surface area contributed by atoms with Crippen LogP contribution in [0.4, 0.5) is 0 Å². The highest BCUT2D eigenvalue weighted by Crippen LogP contribution is 2.21. The quantitative estimate of drug-likeness (QED) is 0.839. The molecule has 0 radical (unpaired) electrons. The van der Waals surface area contributed by atoms with Crippen molar-refractivity contribution in [3.05, 3.63) is 35.9 Å². The standard InChI is InChI=1S/C15H20N2O3/c1-20-15(19)12-8-5-9-17(10-12)14(18)13(16)11-6-3-2-4-7-11/h2-4,6-7,12-13H,5,8-10,16H2,1H3. The van der Waals surface area contributed by atoms with Gasteiger partial charge >= 0.3 is 5.97 Å². The summed E-state index contributed by atoms with van der Waals surface area (Å²) in [6.07, 6.45) is 1.56. The van der Waals surface area contributed by atoms with E-state index in [0.717, 1.165) is 18.4 Å². The van der Waals surface area contributed by atoms with Crippen molar-refractivity contribution in [3.8, 4) is 0 Å². The summed E-state index contributed by atoms with van der Waals surface area (Å²) in [4.78, 5) is 25.7. The number of likely N-dealkylation sites (tertiary alicyclic amines) is 1. The summed E-state index contributed by atoms with van der Waals surface area (Å²) in [5, 5.41) is 0. The minimum Gasteiger partial charge on any atom is -0.469 e. The molecule has 2 rings (SSSR count). The summed E-state index contributed by atoms with van der Waals surface area (Å²) in [6.45, 7) is 1.04. The van der Waals surface area contributed by atoms with Gasteiger partial charge in [-0.05, 0) is 18.4 Å². The van der Waals surface area contributed by atoms with Crippen molar-refractivity contribution in [1.29, 1.82) is 0 Å². The van der Waals surface area contributed by atoms with Gasteiger partial charge in [-0.1, -0.05) is 30.3 Å². The van der Waals surface area contributed by atoms with Crippen molar-refractivity contribution in [2.24, 2.45) is 11.7 Å². The second kappa shape index (κ2) is 6.52. The summed E-state index contributed by atoms with van der Waals surface area (Å²) in [5.41, 5.74) is 6.81. The third kappa shape index (κ3) is 3.17. The fourth-order valence-corrected chi connectivity index (χ4v) is 2.54. The van der Waals surface area contributed by atoms with Crippen LogP contribution in [-0.4, -0.2) is 37.0 Å². The predicted octanol–water partition coefficient (Wildman–Crippen LogP) is 1.10. The molecular weight excluding hydrogens is 256 g/mol. The average molecular weight is 276 g/mol. The number of esters is 1. The number of benzene rings is 1. The molecule has 20 heavy (non-hydrogen) atoms. The first-order valence-electron chi connectivity index (χ1n) is 6.80. The Kier molecular flexibility index (Phi) is 4.74. The maximum atomic E-state index is 12.4. The van der Waals surface area contributed by atoms with Crippen LogP contribution < -0.4 is 5.73 Å². The smallest absolute Gasteiger partial charge is 0.310 e. The number of amides is 1. The number of hydrogen-bond acceptors (Lipinski definition) is 4. The number of carbonyl (C=O) groups is 2. The fourth-order valence-electron chi connectivity index (χ4n) is 2.54. The van der Waals surface area contributed by atoms with Gasteiger partial charge in [0.05, 0.1) is 13.0 Å². The molecule has 1 aliphatic heterocycles. The molecule has 0 spiro atoms. The number of nitrogens with two attached hydrogens (primary N) is 1. The third-order valence-electron chi connectivity index (χ3n) is 3.69. The molecule has 2 unspecified atom stereocenters. The first kappa shape index (κ1) is 14.5. The van der Waals surface area contributed by atoms with E-state index in [9.17, 15) is 9.59 Å². The molecule has 2 N–H and O–H groups in total. The number of methoxy groups -OCH3 is 1. The van der Waals surface area contributed by atoms with Crippen LogP contribution in [0, 0.1) is 5.92 Å². The van der Waals surface area contributed by atoms with Gasteiger partial charge < -0.3 is 15.4 Å². The van der Waals surface area contributed by atoms with Gasteiger partial charge in [0.25, 0.3) is 0 Å². The van der Waals surface area contributed by atoms with Gasteiger partial charge in [0, 0.05) is 13.1 Å². The second-order valence-corrected chi connectivity index (χ2v) is 5.03. The van der Waals surface area contributed by atoms with E-state index in [4.69, 9.17) is 10.5 Å². The topological polar surface area (TPSA) is 72.6 Å². The molecule has 1 fully saturated rings. The van der Waals surface area contributed by atoms with Crippen molar-refractivity contribution in [3.63, 3.8) is 0 Å². The monoisotopic (exact) mass is 276 g/mol. The number of nitrogens with zero attached hydrogens (tertiary/aromatic N) is 1. The first-order valence-corrected chi connectivity index (χ1v) is 6.80. The second-order valence-electron chi connectivity index (χ2n) is 5.03. The van der Waals surface area contributed by atoms with E-state index in [2.05, 4.69) is 0 Å². The van der Waals surface area contributed by atoms with Crippen LogP contribution in [0.15, 0.2) is 30.3 Å². The zero-order valence-electron chi connectivity index (χ0n) is 11.6. The lowest BCUT2D eigenvalue weighted by atomic mass is 9.97. The molecule has 1 saturated heterocycles. The first-order chi connectivity index (χ1) is 9.63. The van der Waals surface area contributed by atoms with E-state index in [-0.39, 0.29) is 17.8 Å². The molecular formula is C15H20N2O3. The lowest BCUT2D eigenvalue weighted by Crippen LogP contribution is -2.46. The Balaban J connectivity index is 2.03. The summed E-state index contributed by atoms with van der Waals surface area (Å²) >= 11 is 0. The highest BCUT2D eigenvalue weighted by Gasteiger charge is 2.31. The molecule has 1 aromatic rings. The molecule has 0 aromatic heterocycles. The van der Waals surface area contributed by atoms with E-state index in [0.29, 0.717) is 13.1 Å². The highest BCUT2D eigenvalue weighted by atomic mass is 16.5. The summed E-state index contributed by atoms with van der Waals surface area (Å²) in [6, 6.07) is 8.60. The molecule has 1 aliphatic rings. The van der Waals surface area contributed by atoms with Gasteiger partial charge in [0.2, 0.25) is 5.91 Å². The molecule has 1 heterocycles. The van der Waals surface area contributed by atoms with Gasteiger partial charge in [-0.3, -0.25) is 9.59 Å². The van der Waals surface area contributed by atoms with Crippen molar-refractivity contribution in [2.75, 3.05) is 20.2 Å². The Bertz CT molecular complexity index is 475. The van der Waals surface area contributed by atoms with E-state index in [1.807, 2.05) is 30.3 Å². The van der Waals surface area contributed by atoms with Gasteiger partial charge in [-0.2, -0.15) is 0 Å². The molecule has 1 amide bonds. The number of hydrogen-bond donors (Lipinski definition) is 1. The lowest BCUT2D eigenvalue weighted by Gasteiger charge is -2.33. The van der Waals surface area contributed by atoms with Crippen LogP contribution in [0.25, 0.3) is 0 Å². The summed E-state index contributed by atoms with van der Waals surface area (Å²) in [7, 11) is 1.37. The fraction of sp³-hybridized carbons (Fsp3) is 0.467. The Morgan fingerprint density at radius 1 is 1.35 bits per heavy atom. The van der Waals surface area contributed by atoms with Crippen molar-refractivity contribution < 1.29 is 14.3 Å².